The van der Waals surface area contributed by atoms with Crippen LogP contribution in [0.5, 0.6) is 0 Å². The van der Waals surface area contributed by atoms with Gasteiger partial charge in [-0.1, -0.05) is 6.08 Å². The normalized spacial score (nSPS) is 26.3. The van der Waals surface area contributed by atoms with E-state index in [9.17, 15) is 9.59 Å². The fourth-order valence-electron chi connectivity index (χ4n) is 4.00. The van der Waals surface area contributed by atoms with E-state index in [1.165, 1.54) is 0 Å². The number of likely N-dealkylation sites (N-methyl/N-ethyl adjacent to an activating group) is 1. The highest BCUT2D eigenvalue weighted by Crippen LogP contribution is 2.37. The molecule has 0 spiro atoms. The van der Waals surface area contributed by atoms with Crippen LogP contribution >= 0.6 is 0 Å². The number of hydrogen-bond donors (Lipinski definition) is 1. The van der Waals surface area contributed by atoms with Crippen molar-refractivity contribution in [1.29, 1.82) is 0 Å². The molecule has 2 fully saturated rings. The molecule has 2 aliphatic heterocycles. The minimum Gasteiger partial charge on any atom is -0.345 e. The molecule has 0 aromatic carbocycles. The fourth-order valence-corrected chi connectivity index (χ4v) is 4.00. The Hall–Kier alpha value is -2.37. The predicted octanol–water partition coefficient (Wildman–Crippen LogP) is 2.37. The number of fused-ring (bicyclic) bond motifs is 2. The average Bonchev–Trinajstić information content (AvgIpc) is 3.23. The number of aromatic nitrogens is 2. The lowest BCUT2D eigenvalue weighted by atomic mass is 9.95. The van der Waals surface area contributed by atoms with E-state index in [1.54, 1.807) is 24.5 Å². The zero-order valence-corrected chi connectivity index (χ0v) is 15.1. The van der Waals surface area contributed by atoms with Crippen molar-refractivity contribution in [3.8, 4) is 0 Å². The van der Waals surface area contributed by atoms with E-state index in [0.717, 1.165) is 31.3 Å². The molecule has 0 radical (unpaired) electrons. The number of allylic oxidation sites excluding steroid dienone is 1. The van der Waals surface area contributed by atoms with Crippen molar-refractivity contribution in [2.45, 2.75) is 57.7 Å². The number of nitrogens with zero attached hydrogens (tertiary/aromatic N) is 3. The number of carbonyl (C=O) groups excluding carboxylic acids is 2. The Balaban J connectivity index is 1.66. The van der Waals surface area contributed by atoms with Crippen LogP contribution in [0.1, 0.15) is 45.4 Å². The Morgan fingerprint density at radius 1 is 1.32 bits per heavy atom. The van der Waals surface area contributed by atoms with Crippen molar-refractivity contribution in [3.05, 3.63) is 35.9 Å². The van der Waals surface area contributed by atoms with Crippen LogP contribution in [0.4, 0.5) is 0 Å². The standard InChI is InChI=1S/C19H26N4O2/c1-4-13(2)19(25)22(3)16-11-14-5-6-15(12-16)23(14)18(24)8-7-17-20-9-10-21-17/h4,7-10,14-16H,5-6,11-12H2,1-3H3,(H,20,21)/b8-7+,13-4+/t14-,15+,16?. The summed E-state index contributed by atoms with van der Waals surface area (Å²) in [4.78, 5) is 36.0. The number of nitrogens with one attached hydrogen (secondary N) is 1. The molecule has 6 heteroatoms. The van der Waals surface area contributed by atoms with Crippen LogP contribution in [-0.4, -0.2) is 56.8 Å². The number of piperidine rings is 1. The molecular weight excluding hydrogens is 316 g/mol. The van der Waals surface area contributed by atoms with E-state index in [2.05, 4.69) is 9.97 Å². The highest BCUT2D eigenvalue weighted by Gasteiger charge is 2.44. The third-order valence-electron chi connectivity index (χ3n) is 5.50. The van der Waals surface area contributed by atoms with Crippen molar-refractivity contribution in [2.75, 3.05) is 7.05 Å². The number of H-pyrrole nitrogens is 1. The van der Waals surface area contributed by atoms with Gasteiger partial charge in [-0.3, -0.25) is 9.59 Å². The van der Waals surface area contributed by atoms with Gasteiger partial charge in [0.2, 0.25) is 11.8 Å². The molecule has 1 aromatic heterocycles. The molecule has 0 aliphatic carbocycles. The first-order chi connectivity index (χ1) is 12.0. The molecule has 1 N–H and O–H groups in total. The first-order valence-electron chi connectivity index (χ1n) is 8.91. The molecule has 3 atom stereocenters. The second-order valence-electron chi connectivity index (χ2n) is 6.95. The second kappa shape index (κ2) is 7.25. The van der Waals surface area contributed by atoms with Gasteiger partial charge in [-0.05, 0) is 45.6 Å². The topological polar surface area (TPSA) is 69.3 Å². The largest absolute Gasteiger partial charge is 0.345 e. The Morgan fingerprint density at radius 3 is 2.56 bits per heavy atom. The van der Waals surface area contributed by atoms with Gasteiger partial charge in [0, 0.05) is 49.2 Å². The maximum absolute atomic E-state index is 12.6. The quantitative estimate of drug-likeness (QED) is 0.854. The fraction of sp³-hybridized carbons (Fsp3) is 0.526. The molecule has 3 rings (SSSR count). The van der Waals surface area contributed by atoms with Gasteiger partial charge < -0.3 is 14.8 Å². The summed E-state index contributed by atoms with van der Waals surface area (Å²) in [6, 6.07) is 0.648. The van der Waals surface area contributed by atoms with E-state index >= 15 is 0 Å². The van der Waals surface area contributed by atoms with E-state index in [4.69, 9.17) is 0 Å². The van der Waals surface area contributed by atoms with E-state index in [1.807, 2.05) is 36.8 Å². The Kier molecular flexibility index (Phi) is 5.06. The first-order valence-corrected chi connectivity index (χ1v) is 8.91. The van der Waals surface area contributed by atoms with Crippen molar-refractivity contribution in [1.82, 2.24) is 19.8 Å². The van der Waals surface area contributed by atoms with Gasteiger partial charge in [-0.2, -0.15) is 0 Å². The van der Waals surface area contributed by atoms with Crippen LogP contribution in [0.25, 0.3) is 6.08 Å². The highest BCUT2D eigenvalue weighted by atomic mass is 16.2. The average molecular weight is 342 g/mol. The van der Waals surface area contributed by atoms with Gasteiger partial charge in [0.05, 0.1) is 0 Å². The third kappa shape index (κ3) is 3.52. The molecule has 134 valence electrons. The van der Waals surface area contributed by atoms with Crippen LogP contribution in [0, 0.1) is 0 Å². The summed E-state index contributed by atoms with van der Waals surface area (Å²) in [5, 5.41) is 0. The van der Waals surface area contributed by atoms with E-state index in [0.29, 0.717) is 5.82 Å². The van der Waals surface area contributed by atoms with Gasteiger partial charge in [0.15, 0.2) is 0 Å². The van der Waals surface area contributed by atoms with Crippen molar-refractivity contribution >= 4 is 17.9 Å². The van der Waals surface area contributed by atoms with Gasteiger partial charge in [-0.25, -0.2) is 4.98 Å². The zero-order valence-electron chi connectivity index (χ0n) is 15.1. The predicted molar refractivity (Wildman–Crippen MR) is 96.5 cm³/mol. The maximum atomic E-state index is 12.6. The molecule has 25 heavy (non-hydrogen) atoms. The molecule has 6 nitrogen and oxygen atoms in total. The molecule has 2 aliphatic rings. The summed E-state index contributed by atoms with van der Waals surface area (Å²) in [7, 11) is 1.88. The summed E-state index contributed by atoms with van der Waals surface area (Å²) >= 11 is 0. The molecule has 1 aromatic rings. The first kappa shape index (κ1) is 17.5. The SMILES string of the molecule is C/C=C(\C)C(=O)N(C)C1C[C@H]2CC[C@@H](C1)N2C(=O)/C=C/c1ncc[nH]1. The minimum atomic E-state index is 0.0426. The highest BCUT2D eigenvalue weighted by molar-refractivity contribution is 5.93. The number of rotatable bonds is 4. The summed E-state index contributed by atoms with van der Waals surface area (Å²) in [6.07, 6.45) is 12.3. The van der Waals surface area contributed by atoms with Gasteiger partial charge in [0.1, 0.15) is 5.82 Å². The molecule has 2 amide bonds. The number of amides is 2. The maximum Gasteiger partial charge on any atom is 0.249 e. The smallest absolute Gasteiger partial charge is 0.249 e. The Morgan fingerprint density at radius 2 is 2.00 bits per heavy atom. The van der Waals surface area contributed by atoms with Crippen molar-refractivity contribution in [2.24, 2.45) is 0 Å². The van der Waals surface area contributed by atoms with Gasteiger partial charge in [0.25, 0.3) is 0 Å². The number of hydrogen-bond acceptors (Lipinski definition) is 3. The van der Waals surface area contributed by atoms with Crippen LogP contribution in [0.15, 0.2) is 30.1 Å². The van der Waals surface area contributed by atoms with Crippen LogP contribution in [-0.2, 0) is 9.59 Å². The van der Waals surface area contributed by atoms with E-state index in [-0.39, 0.29) is 29.9 Å². The number of carbonyl (C=O) groups is 2. The summed E-state index contributed by atoms with van der Waals surface area (Å²) < 4.78 is 0. The molecule has 0 saturated carbocycles. The summed E-state index contributed by atoms with van der Waals surface area (Å²) in [6.45, 7) is 3.74. The van der Waals surface area contributed by atoms with Crippen LogP contribution in [0.2, 0.25) is 0 Å². The lowest BCUT2D eigenvalue weighted by Gasteiger charge is -2.42. The molecular formula is C19H26N4O2. The van der Waals surface area contributed by atoms with Crippen molar-refractivity contribution in [3.63, 3.8) is 0 Å². The molecule has 1 unspecified atom stereocenters. The lowest BCUT2D eigenvalue weighted by Crippen LogP contribution is -2.52. The minimum absolute atomic E-state index is 0.0426. The van der Waals surface area contributed by atoms with E-state index < -0.39 is 0 Å². The molecule has 2 bridgehead atoms. The van der Waals surface area contributed by atoms with Gasteiger partial charge >= 0.3 is 0 Å². The Bertz CT molecular complexity index is 678. The van der Waals surface area contributed by atoms with Crippen LogP contribution in [0.3, 0.4) is 0 Å². The zero-order chi connectivity index (χ0) is 18.0. The molecule has 3 heterocycles. The van der Waals surface area contributed by atoms with Crippen LogP contribution < -0.4 is 0 Å². The monoisotopic (exact) mass is 342 g/mol. The summed E-state index contributed by atoms with van der Waals surface area (Å²) in [5.41, 5.74) is 0.773. The summed E-state index contributed by atoms with van der Waals surface area (Å²) in [5.74, 6) is 0.813. The van der Waals surface area contributed by atoms with Crippen molar-refractivity contribution < 1.29 is 9.59 Å². The number of aromatic amines is 1. The second-order valence-corrected chi connectivity index (χ2v) is 6.95. The van der Waals surface area contributed by atoms with Gasteiger partial charge in [-0.15, -0.1) is 0 Å². The molecule has 2 saturated heterocycles. The third-order valence-corrected chi connectivity index (χ3v) is 5.50. The Labute approximate surface area is 148 Å². The lowest BCUT2D eigenvalue weighted by molar-refractivity contribution is -0.133. The number of imidazole rings is 1.